The first-order valence-electron chi connectivity index (χ1n) is 34.6. The Morgan fingerprint density at radius 1 is 0.137 bits per heavy atom. The van der Waals surface area contributed by atoms with E-state index in [-0.39, 0.29) is 0 Å². The van der Waals surface area contributed by atoms with E-state index in [9.17, 15) is 0 Å². The number of furan rings is 2. The topological polar surface area (TPSA) is 39.2 Å². The van der Waals surface area contributed by atoms with E-state index in [4.69, 9.17) is 8.83 Å². The first-order valence-corrected chi connectivity index (χ1v) is 34.6. The van der Waals surface area contributed by atoms with Crippen LogP contribution in [0.2, 0.25) is 0 Å². The Hall–Kier alpha value is -13.7. The van der Waals surface area contributed by atoms with Gasteiger partial charge < -0.3 is 28.4 Å². The van der Waals surface area contributed by atoms with E-state index >= 15 is 0 Å². The van der Waals surface area contributed by atoms with Crippen molar-refractivity contribution < 1.29 is 8.83 Å². The highest BCUT2D eigenvalue weighted by molar-refractivity contribution is 6.11. The van der Waals surface area contributed by atoms with Crippen molar-refractivity contribution in [3.63, 3.8) is 0 Å². The van der Waals surface area contributed by atoms with Crippen LogP contribution >= 0.6 is 0 Å². The van der Waals surface area contributed by atoms with Gasteiger partial charge in [-0.15, -0.1) is 0 Å². The fraction of sp³-hybridized carbons (Fsp3) is 0. The predicted molar refractivity (Wildman–Crippen MR) is 427 cm³/mol. The van der Waals surface area contributed by atoms with Crippen molar-refractivity contribution in [3.05, 3.63) is 400 Å². The number of fused-ring (bicyclic) bond motifs is 6. The summed E-state index contributed by atoms with van der Waals surface area (Å²) in [5.74, 6) is 0. The molecule has 0 N–H and O–H groups in total. The molecule has 0 aliphatic rings. The second kappa shape index (κ2) is 26.6. The molecule has 6 nitrogen and oxygen atoms in total. The third-order valence-corrected chi connectivity index (χ3v) is 19.5. The highest BCUT2D eigenvalue weighted by atomic mass is 16.3. The third kappa shape index (κ3) is 11.6. The van der Waals surface area contributed by atoms with Crippen LogP contribution in [0.4, 0.5) is 68.2 Å². The maximum absolute atomic E-state index is 6.43. The van der Waals surface area contributed by atoms with E-state index in [1.54, 1.807) is 0 Å². The molecule has 0 aliphatic heterocycles. The van der Waals surface area contributed by atoms with E-state index in [0.29, 0.717) is 0 Å². The van der Waals surface area contributed by atoms with E-state index in [1.165, 1.54) is 0 Å². The lowest BCUT2D eigenvalue weighted by Gasteiger charge is -2.27. The van der Waals surface area contributed by atoms with Crippen molar-refractivity contribution in [2.45, 2.75) is 0 Å². The van der Waals surface area contributed by atoms with Crippen LogP contribution in [-0.2, 0) is 0 Å². The molecule has 6 heteroatoms. The number of nitrogens with zero attached hydrogens (tertiary/aromatic N) is 4. The summed E-state index contributed by atoms with van der Waals surface area (Å²) < 4.78 is 12.9. The molecule has 2 heterocycles. The first-order chi connectivity index (χ1) is 50.6. The lowest BCUT2D eigenvalue weighted by Crippen LogP contribution is -2.10. The fourth-order valence-corrected chi connectivity index (χ4v) is 14.4. The standard InChI is InChI=1S/C96H66N4O2/c1-5-19-75(20-6-1)97(81-55-39-69(40-56-81)71-43-59-83(60-44-71)99(77-23-9-3-10-24-77)85-63-47-73(48-64-85)87-29-17-31-91-89-27-13-15-33-93(89)101-95(87)91)79-51-35-67(36-52-79)68-37-53-80(54-38-68)98(76-21-7-2-8-22-76)82-57-41-70(42-58-82)72-45-61-84(62-46-72)100(78-25-11-4-12-26-78)86-65-49-74(50-66-86)88-30-18-32-92-90-28-14-16-34-94(90)102-96(88)92/h1-66H. The van der Waals surface area contributed by atoms with Gasteiger partial charge in [0.15, 0.2) is 0 Å². The highest BCUT2D eigenvalue weighted by Crippen LogP contribution is 2.45. The van der Waals surface area contributed by atoms with Gasteiger partial charge in [0.25, 0.3) is 0 Å². The van der Waals surface area contributed by atoms with Gasteiger partial charge in [-0.2, -0.15) is 0 Å². The summed E-state index contributed by atoms with van der Waals surface area (Å²) in [6.45, 7) is 0. The lowest BCUT2D eigenvalue weighted by atomic mass is 10.0. The minimum atomic E-state index is 0.899. The Morgan fingerprint density at radius 2 is 0.324 bits per heavy atom. The average molecular weight is 1310 g/mol. The zero-order valence-corrected chi connectivity index (χ0v) is 55.7. The van der Waals surface area contributed by atoms with Gasteiger partial charge in [0.1, 0.15) is 22.3 Å². The summed E-state index contributed by atoms with van der Waals surface area (Å²) in [6, 6.07) is 143. The SMILES string of the molecule is c1ccc(N(c2ccc(-c3ccc(N(c4ccccc4)c4ccc(-c5ccc(N(c6ccccc6)c6ccc(-c7cccc8c7oc7ccccc78)cc6)cc5)cc4)cc3)cc2)c2ccc(-c3ccc(N(c4ccccc4)c4ccc(-c5cccc6c5oc5ccccc56)cc4)cc3)cc2)cc1. The lowest BCUT2D eigenvalue weighted by molar-refractivity contribution is 0.669. The molecule has 18 aromatic rings. The van der Waals surface area contributed by atoms with E-state index < -0.39 is 0 Å². The molecule has 0 saturated heterocycles. The molecule has 0 radical (unpaired) electrons. The molecular weight excluding hydrogens is 1240 g/mol. The van der Waals surface area contributed by atoms with Crippen molar-refractivity contribution in [3.8, 4) is 55.6 Å². The van der Waals surface area contributed by atoms with Crippen LogP contribution in [0.3, 0.4) is 0 Å². The first kappa shape index (κ1) is 60.7. The van der Waals surface area contributed by atoms with Gasteiger partial charge >= 0.3 is 0 Å². The molecule has 0 bridgehead atoms. The van der Waals surface area contributed by atoms with Crippen LogP contribution in [0.5, 0.6) is 0 Å². The summed E-state index contributed by atoms with van der Waals surface area (Å²) in [5, 5.41) is 4.51. The summed E-state index contributed by atoms with van der Waals surface area (Å²) in [6.07, 6.45) is 0. The largest absolute Gasteiger partial charge is 0.455 e. The molecule has 0 unspecified atom stereocenters. The normalized spacial score (nSPS) is 11.3. The molecule has 16 aromatic carbocycles. The van der Waals surface area contributed by atoms with Crippen molar-refractivity contribution in [1.82, 2.24) is 0 Å². The van der Waals surface area contributed by atoms with Crippen LogP contribution in [0.25, 0.3) is 99.5 Å². The van der Waals surface area contributed by atoms with E-state index in [1.807, 2.05) is 24.3 Å². The maximum atomic E-state index is 6.43. The second-order valence-corrected chi connectivity index (χ2v) is 25.6. The summed E-state index contributed by atoms with van der Waals surface area (Å²) in [4.78, 5) is 9.27. The molecular formula is C96H66N4O2. The number of hydrogen-bond donors (Lipinski definition) is 0. The Labute approximate surface area is 593 Å². The molecule has 102 heavy (non-hydrogen) atoms. The molecule has 0 atom stereocenters. The Balaban J connectivity index is 0.571. The van der Waals surface area contributed by atoms with Gasteiger partial charge in [0.05, 0.1) is 0 Å². The number of para-hydroxylation sites is 8. The van der Waals surface area contributed by atoms with Crippen LogP contribution in [-0.4, -0.2) is 0 Å². The van der Waals surface area contributed by atoms with Crippen LogP contribution in [0.15, 0.2) is 409 Å². The minimum Gasteiger partial charge on any atom is -0.455 e. The maximum Gasteiger partial charge on any atom is 0.143 e. The van der Waals surface area contributed by atoms with E-state index in [0.717, 1.165) is 168 Å². The van der Waals surface area contributed by atoms with Crippen molar-refractivity contribution in [2.24, 2.45) is 0 Å². The number of rotatable bonds is 17. The highest BCUT2D eigenvalue weighted by Gasteiger charge is 2.21. The van der Waals surface area contributed by atoms with Gasteiger partial charge in [0, 0.05) is 101 Å². The molecule has 2 aromatic heterocycles. The van der Waals surface area contributed by atoms with Crippen LogP contribution in [0, 0.1) is 0 Å². The number of benzene rings is 16. The molecule has 0 fully saturated rings. The van der Waals surface area contributed by atoms with Gasteiger partial charge in [-0.25, -0.2) is 0 Å². The average Bonchev–Trinajstić information content (AvgIpc) is 1.56. The third-order valence-electron chi connectivity index (χ3n) is 19.5. The van der Waals surface area contributed by atoms with E-state index in [2.05, 4.69) is 396 Å². The van der Waals surface area contributed by atoms with Gasteiger partial charge in [-0.3, -0.25) is 0 Å². The van der Waals surface area contributed by atoms with Crippen molar-refractivity contribution in [2.75, 3.05) is 19.6 Å². The zero-order valence-electron chi connectivity index (χ0n) is 55.7. The Bertz CT molecular complexity index is 5550. The zero-order chi connectivity index (χ0) is 67.7. The number of anilines is 12. The second-order valence-electron chi connectivity index (χ2n) is 25.6. The summed E-state index contributed by atoms with van der Waals surface area (Å²) >= 11 is 0. The smallest absolute Gasteiger partial charge is 0.143 e. The Kier molecular flexibility index (Phi) is 15.8. The molecule has 0 saturated carbocycles. The van der Waals surface area contributed by atoms with Gasteiger partial charge in [-0.05, 0) is 202 Å². The molecule has 18 rings (SSSR count). The van der Waals surface area contributed by atoms with Gasteiger partial charge in [-0.1, -0.05) is 243 Å². The molecule has 0 spiro atoms. The van der Waals surface area contributed by atoms with Gasteiger partial charge in [0.2, 0.25) is 0 Å². The molecule has 0 aliphatic carbocycles. The summed E-state index contributed by atoms with van der Waals surface area (Å²) in [5.41, 5.74) is 27.7. The van der Waals surface area contributed by atoms with Crippen LogP contribution in [0.1, 0.15) is 0 Å². The summed E-state index contributed by atoms with van der Waals surface area (Å²) in [7, 11) is 0. The predicted octanol–water partition coefficient (Wildman–Crippen LogP) is 27.7. The molecule has 482 valence electrons. The fourth-order valence-electron chi connectivity index (χ4n) is 14.4. The molecule has 0 amide bonds. The monoisotopic (exact) mass is 1310 g/mol. The Morgan fingerprint density at radius 3 is 0.559 bits per heavy atom. The van der Waals surface area contributed by atoms with Crippen molar-refractivity contribution >= 4 is 112 Å². The minimum absolute atomic E-state index is 0.899. The van der Waals surface area contributed by atoms with Crippen LogP contribution < -0.4 is 19.6 Å². The van der Waals surface area contributed by atoms with Crippen molar-refractivity contribution in [1.29, 1.82) is 0 Å². The number of hydrogen-bond acceptors (Lipinski definition) is 6. The quantitative estimate of drug-likeness (QED) is 0.0905.